The Kier molecular flexibility index (Phi) is 7.59. The van der Waals surface area contributed by atoms with Crippen molar-refractivity contribution in [1.82, 2.24) is 10.2 Å². The third-order valence-corrected chi connectivity index (χ3v) is 4.30. The number of ether oxygens (including phenoxy) is 3. The molecule has 1 fully saturated rings. The Labute approximate surface area is 166 Å². The fourth-order valence-corrected chi connectivity index (χ4v) is 3.01. The number of aliphatic hydroxyl groups excluding tert-OH is 1. The second-order valence-electron chi connectivity index (χ2n) is 6.16. The van der Waals surface area contributed by atoms with Gasteiger partial charge in [-0.3, -0.25) is 4.90 Å². The van der Waals surface area contributed by atoms with Crippen molar-refractivity contribution < 1.29 is 33.7 Å². The molecule has 2 aliphatic heterocycles. The van der Waals surface area contributed by atoms with Gasteiger partial charge in [-0.15, -0.1) is 0 Å². The van der Waals surface area contributed by atoms with Gasteiger partial charge in [-0.05, 0) is 31.9 Å². The zero-order chi connectivity index (χ0) is 21.6. The third-order valence-electron chi connectivity index (χ3n) is 4.30. The van der Waals surface area contributed by atoms with Gasteiger partial charge < -0.3 is 24.6 Å². The van der Waals surface area contributed by atoms with E-state index >= 15 is 0 Å². The van der Waals surface area contributed by atoms with Crippen molar-refractivity contribution in [2.24, 2.45) is 5.11 Å². The summed E-state index contributed by atoms with van der Waals surface area (Å²) >= 11 is 0. The minimum absolute atomic E-state index is 0.0218. The van der Waals surface area contributed by atoms with Gasteiger partial charge in [0.25, 0.3) is 0 Å². The van der Waals surface area contributed by atoms with Gasteiger partial charge in [0, 0.05) is 17.5 Å². The predicted octanol–water partition coefficient (Wildman–Crippen LogP) is 1.08. The van der Waals surface area contributed by atoms with Crippen LogP contribution < -0.4 is 5.32 Å². The van der Waals surface area contributed by atoms with Crippen molar-refractivity contribution in [3.05, 3.63) is 33.5 Å². The van der Waals surface area contributed by atoms with Gasteiger partial charge >= 0.3 is 18.0 Å². The molecule has 158 valence electrons. The lowest BCUT2D eigenvalue weighted by Gasteiger charge is -2.31. The van der Waals surface area contributed by atoms with Crippen LogP contribution in [0.5, 0.6) is 0 Å². The maximum Gasteiger partial charge on any atom is 0.347 e. The summed E-state index contributed by atoms with van der Waals surface area (Å²) in [6.45, 7) is 4.46. The van der Waals surface area contributed by atoms with Crippen LogP contribution >= 0.6 is 0 Å². The Bertz CT molecular complexity index is 767. The molecule has 12 nitrogen and oxygen atoms in total. The molecule has 2 heterocycles. The number of esters is 2. The Hall–Kier alpha value is -3.08. The standard InChI is InChI=1S/C17H23N5O7/c1-4-27-15(24)13(16(25)28-5-2)14-9(3)7-22(17(26)19-14)12-6-10(20-21-18)11(8-23)29-12/h7,10-12,23H,4-6,8H2,1-3H3,(H,19,26)/t10-,11+,12+/m0/s1. The normalized spacial score (nSPS) is 23.7. The van der Waals surface area contributed by atoms with Crippen LogP contribution in [-0.2, 0) is 23.8 Å². The third kappa shape index (κ3) is 4.86. The van der Waals surface area contributed by atoms with Gasteiger partial charge in [0.2, 0.25) is 0 Å². The lowest BCUT2D eigenvalue weighted by molar-refractivity contribution is -0.146. The fraction of sp³-hybridized carbons (Fsp3) is 0.588. The molecule has 0 aliphatic carbocycles. The van der Waals surface area contributed by atoms with E-state index in [4.69, 9.17) is 19.7 Å². The topological polar surface area (TPSA) is 163 Å². The molecule has 29 heavy (non-hydrogen) atoms. The zero-order valence-corrected chi connectivity index (χ0v) is 16.3. The first-order chi connectivity index (χ1) is 13.9. The first-order valence-corrected chi connectivity index (χ1v) is 9.04. The van der Waals surface area contributed by atoms with Crippen LogP contribution in [0.1, 0.15) is 27.2 Å². The summed E-state index contributed by atoms with van der Waals surface area (Å²) in [4.78, 5) is 41.1. The number of hydrogen-bond acceptors (Lipinski definition) is 8. The number of allylic oxidation sites excluding steroid dienone is 1. The second kappa shape index (κ2) is 9.92. The molecule has 2 amide bonds. The quantitative estimate of drug-likeness (QED) is 0.121. The lowest BCUT2D eigenvalue weighted by atomic mass is 10.1. The van der Waals surface area contributed by atoms with E-state index in [9.17, 15) is 19.5 Å². The highest BCUT2D eigenvalue weighted by atomic mass is 16.6. The SMILES string of the molecule is CCOC(=O)C(C(=O)OCC)=C1NC(=O)N([C@H]2C[C@H](N=[N+]=[N-])[C@@H](CO)O2)C=C1C. The number of aliphatic hydroxyl groups is 1. The highest BCUT2D eigenvalue weighted by molar-refractivity contribution is 6.15. The summed E-state index contributed by atoms with van der Waals surface area (Å²) in [5, 5.41) is 15.5. The highest BCUT2D eigenvalue weighted by Crippen LogP contribution is 2.29. The smallest absolute Gasteiger partial charge is 0.347 e. The molecule has 3 atom stereocenters. The van der Waals surface area contributed by atoms with Crippen molar-refractivity contribution in [1.29, 1.82) is 0 Å². The molecule has 12 heteroatoms. The van der Waals surface area contributed by atoms with E-state index in [2.05, 4.69) is 15.3 Å². The summed E-state index contributed by atoms with van der Waals surface area (Å²) in [5.41, 5.74) is 8.59. The highest BCUT2D eigenvalue weighted by Gasteiger charge is 2.41. The first kappa shape index (κ1) is 22.2. The van der Waals surface area contributed by atoms with Crippen LogP contribution in [0.2, 0.25) is 0 Å². The Morgan fingerprint density at radius 3 is 2.52 bits per heavy atom. The molecule has 0 radical (unpaired) electrons. The van der Waals surface area contributed by atoms with Gasteiger partial charge in [0.05, 0.1) is 37.7 Å². The Morgan fingerprint density at radius 2 is 2.00 bits per heavy atom. The number of hydrogen-bond donors (Lipinski definition) is 2. The van der Waals surface area contributed by atoms with E-state index in [0.717, 1.165) is 0 Å². The summed E-state index contributed by atoms with van der Waals surface area (Å²) in [5.74, 6) is -1.83. The predicted molar refractivity (Wildman–Crippen MR) is 97.7 cm³/mol. The van der Waals surface area contributed by atoms with Crippen molar-refractivity contribution in [3.8, 4) is 0 Å². The largest absolute Gasteiger partial charge is 0.462 e. The second-order valence-corrected chi connectivity index (χ2v) is 6.16. The molecule has 2 aliphatic rings. The number of amides is 2. The van der Waals surface area contributed by atoms with Gasteiger partial charge in [-0.2, -0.15) is 0 Å². The van der Waals surface area contributed by atoms with Crippen LogP contribution in [0.3, 0.4) is 0 Å². The summed E-state index contributed by atoms with van der Waals surface area (Å²) in [6.07, 6.45) is 0.0370. The minimum atomic E-state index is -0.914. The minimum Gasteiger partial charge on any atom is -0.462 e. The first-order valence-electron chi connectivity index (χ1n) is 9.04. The van der Waals surface area contributed by atoms with Gasteiger partial charge in [-0.1, -0.05) is 5.11 Å². The van der Waals surface area contributed by atoms with Crippen LogP contribution in [0.25, 0.3) is 10.4 Å². The number of azide groups is 1. The van der Waals surface area contributed by atoms with E-state index in [1.165, 1.54) is 11.1 Å². The van der Waals surface area contributed by atoms with Crippen LogP contribution in [0, 0.1) is 0 Å². The average Bonchev–Trinajstić information content (AvgIpc) is 3.08. The number of carbonyl (C=O) groups excluding carboxylic acids is 3. The molecule has 0 aromatic heterocycles. The Morgan fingerprint density at radius 1 is 1.38 bits per heavy atom. The van der Waals surface area contributed by atoms with Gasteiger partial charge in [0.15, 0.2) is 5.57 Å². The maximum atomic E-state index is 12.6. The van der Waals surface area contributed by atoms with Crippen molar-refractivity contribution >= 4 is 18.0 Å². The summed E-state index contributed by atoms with van der Waals surface area (Å²) < 4.78 is 15.4. The molecule has 0 aromatic rings. The Balaban J connectivity index is 2.37. The van der Waals surface area contributed by atoms with E-state index in [-0.39, 0.29) is 31.9 Å². The monoisotopic (exact) mass is 409 g/mol. The summed E-state index contributed by atoms with van der Waals surface area (Å²) in [6, 6.07) is -1.30. The number of nitrogens with one attached hydrogen (secondary N) is 1. The molecule has 0 aromatic carbocycles. The van der Waals surface area contributed by atoms with Gasteiger partial charge in [-0.25, -0.2) is 14.4 Å². The lowest BCUT2D eigenvalue weighted by Crippen LogP contribution is -2.47. The fourth-order valence-electron chi connectivity index (χ4n) is 3.01. The number of nitrogens with zero attached hydrogens (tertiary/aromatic N) is 4. The van der Waals surface area contributed by atoms with Crippen molar-refractivity contribution in [2.45, 2.75) is 45.6 Å². The van der Waals surface area contributed by atoms with Crippen molar-refractivity contribution in [2.75, 3.05) is 19.8 Å². The van der Waals surface area contributed by atoms with Crippen LogP contribution in [-0.4, -0.2) is 66.2 Å². The molecule has 2 rings (SSSR count). The molecular formula is C17H23N5O7. The number of rotatable bonds is 7. The molecule has 1 saturated heterocycles. The van der Waals surface area contributed by atoms with E-state index in [1.807, 2.05) is 0 Å². The molecule has 2 N–H and O–H groups in total. The summed E-state index contributed by atoms with van der Waals surface area (Å²) in [7, 11) is 0. The molecule has 0 bridgehead atoms. The van der Waals surface area contributed by atoms with E-state index in [0.29, 0.717) is 5.57 Å². The van der Waals surface area contributed by atoms with Crippen LogP contribution in [0.15, 0.2) is 28.2 Å². The van der Waals surface area contributed by atoms with E-state index < -0.39 is 41.9 Å². The number of urea groups is 1. The average molecular weight is 409 g/mol. The molecule has 0 unspecified atom stereocenters. The molecule has 0 saturated carbocycles. The van der Waals surface area contributed by atoms with Gasteiger partial charge in [0.1, 0.15) is 6.23 Å². The van der Waals surface area contributed by atoms with Crippen LogP contribution in [0.4, 0.5) is 4.79 Å². The van der Waals surface area contributed by atoms with E-state index in [1.54, 1.807) is 20.8 Å². The zero-order valence-electron chi connectivity index (χ0n) is 16.3. The van der Waals surface area contributed by atoms with Crippen molar-refractivity contribution in [3.63, 3.8) is 0 Å². The number of carbonyl (C=O) groups is 3. The molecule has 0 spiro atoms. The maximum absolute atomic E-state index is 12.6. The molecular weight excluding hydrogens is 386 g/mol.